The minimum atomic E-state index is -3.90. The van der Waals surface area contributed by atoms with Crippen LogP contribution in [0.2, 0.25) is 0 Å². The number of methoxy groups -OCH3 is 1. The lowest BCUT2D eigenvalue weighted by atomic mass is 9.89. The molecule has 4 rings (SSSR count). The van der Waals surface area contributed by atoms with Gasteiger partial charge in [0.25, 0.3) is 10.0 Å². The Hall–Kier alpha value is -2.91. The van der Waals surface area contributed by atoms with E-state index in [0.717, 1.165) is 15.6 Å². The second-order valence-corrected chi connectivity index (χ2v) is 12.4. The molecule has 9 heteroatoms. The highest BCUT2D eigenvalue weighted by molar-refractivity contribution is 9.10. The van der Waals surface area contributed by atoms with Gasteiger partial charge in [0, 0.05) is 30.5 Å². The molecule has 0 spiro atoms. The second kappa shape index (κ2) is 11.9. The molecule has 0 aliphatic carbocycles. The van der Waals surface area contributed by atoms with Gasteiger partial charge in [0.05, 0.1) is 17.7 Å². The van der Waals surface area contributed by atoms with Crippen molar-refractivity contribution in [3.05, 3.63) is 87.6 Å². The molecule has 202 valence electrons. The Morgan fingerprint density at radius 1 is 1.05 bits per heavy atom. The maximum Gasteiger partial charge on any atom is 0.264 e. The first-order chi connectivity index (χ1) is 18.1. The van der Waals surface area contributed by atoms with E-state index >= 15 is 0 Å². The number of carbonyl (C=O) groups excluding carboxylic acids is 1. The van der Waals surface area contributed by atoms with Gasteiger partial charge in [-0.15, -0.1) is 0 Å². The number of hydrogen-bond donors (Lipinski definition) is 0. The number of carbonyl (C=O) groups is 1. The van der Waals surface area contributed by atoms with Gasteiger partial charge in [0.2, 0.25) is 5.91 Å². The van der Waals surface area contributed by atoms with Crippen molar-refractivity contribution in [2.24, 2.45) is 0 Å². The summed E-state index contributed by atoms with van der Waals surface area (Å²) >= 11 is 3.35. The molecule has 0 saturated carbocycles. The lowest BCUT2D eigenvalue weighted by molar-refractivity contribution is -0.132. The molecule has 3 aromatic carbocycles. The van der Waals surface area contributed by atoms with E-state index in [9.17, 15) is 17.6 Å². The van der Waals surface area contributed by atoms with E-state index in [1.807, 2.05) is 32.0 Å². The zero-order chi connectivity index (χ0) is 27.4. The molecule has 0 unspecified atom stereocenters. The maximum absolute atomic E-state index is 14.7. The van der Waals surface area contributed by atoms with Crippen molar-refractivity contribution < 1.29 is 22.3 Å². The van der Waals surface area contributed by atoms with E-state index in [1.165, 1.54) is 11.4 Å². The van der Waals surface area contributed by atoms with Gasteiger partial charge in [0.1, 0.15) is 0 Å². The number of anilines is 1. The van der Waals surface area contributed by atoms with Crippen molar-refractivity contribution in [2.45, 2.75) is 43.9 Å². The first kappa shape index (κ1) is 28.1. The van der Waals surface area contributed by atoms with E-state index in [2.05, 4.69) is 15.9 Å². The molecule has 0 N–H and O–H groups in total. The zero-order valence-corrected chi connectivity index (χ0v) is 24.2. The van der Waals surface area contributed by atoms with Crippen LogP contribution in [-0.4, -0.2) is 46.0 Å². The Bertz CT molecular complexity index is 1380. The number of hydrogen-bond acceptors (Lipinski definition) is 4. The molecule has 38 heavy (non-hydrogen) atoms. The third-order valence-corrected chi connectivity index (χ3v) is 9.30. The van der Waals surface area contributed by atoms with Crippen LogP contribution in [0.4, 0.5) is 10.1 Å². The molecule has 1 aliphatic heterocycles. The van der Waals surface area contributed by atoms with Gasteiger partial charge in [-0.2, -0.15) is 0 Å². The van der Waals surface area contributed by atoms with E-state index < -0.39 is 10.0 Å². The van der Waals surface area contributed by atoms with Gasteiger partial charge in [-0.3, -0.25) is 9.10 Å². The molecule has 1 fully saturated rings. The highest BCUT2D eigenvalue weighted by atomic mass is 79.9. The van der Waals surface area contributed by atoms with E-state index in [4.69, 9.17) is 4.74 Å². The van der Waals surface area contributed by atoms with E-state index in [-0.39, 0.29) is 41.3 Å². The van der Waals surface area contributed by atoms with E-state index in [0.29, 0.717) is 37.2 Å². The molecular formula is C29H32BrFN2O4S. The summed E-state index contributed by atoms with van der Waals surface area (Å²) in [5.74, 6) is -0.241. The Morgan fingerprint density at radius 3 is 2.29 bits per heavy atom. The van der Waals surface area contributed by atoms with Gasteiger partial charge in [0.15, 0.2) is 11.6 Å². The normalized spacial score (nSPS) is 14.4. The molecule has 1 heterocycles. The third-order valence-electron chi connectivity index (χ3n) is 6.93. The summed E-state index contributed by atoms with van der Waals surface area (Å²) in [4.78, 5) is 15.1. The molecule has 3 aromatic rings. The Labute approximate surface area is 232 Å². The molecule has 1 saturated heterocycles. The van der Waals surface area contributed by atoms with Crippen molar-refractivity contribution in [3.8, 4) is 5.75 Å². The molecule has 0 bridgehead atoms. The number of sulfonamides is 1. The van der Waals surface area contributed by atoms with Gasteiger partial charge in [-0.05, 0) is 91.8 Å². The van der Waals surface area contributed by atoms with Crippen LogP contribution in [0.5, 0.6) is 5.75 Å². The van der Waals surface area contributed by atoms with Crippen LogP contribution in [-0.2, 0) is 14.8 Å². The molecule has 1 aliphatic rings. The van der Waals surface area contributed by atoms with Crippen molar-refractivity contribution in [1.29, 1.82) is 0 Å². The summed E-state index contributed by atoms with van der Waals surface area (Å²) in [7, 11) is -2.45. The maximum atomic E-state index is 14.7. The highest BCUT2D eigenvalue weighted by Crippen LogP contribution is 2.33. The van der Waals surface area contributed by atoms with E-state index in [1.54, 1.807) is 47.4 Å². The standard InChI is InChI=1S/C29H32BrFN2O4S/c1-20-17-21(2)19-24(18-20)33(38(35,36)25-9-7-23(30)8-10-25)16-13-28(34)32-14-11-22(12-15-32)26-5-4-6-27(37-3)29(26)31/h4-10,17-19,22H,11-16H2,1-3H3. The zero-order valence-electron chi connectivity index (χ0n) is 21.8. The van der Waals surface area contributed by atoms with Gasteiger partial charge < -0.3 is 9.64 Å². The van der Waals surface area contributed by atoms with Crippen LogP contribution in [0.3, 0.4) is 0 Å². The van der Waals surface area contributed by atoms with Crippen LogP contribution < -0.4 is 9.04 Å². The third kappa shape index (κ3) is 6.21. The van der Waals surface area contributed by atoms with Crippen LogP contribution in [0.15, 0.2) is 70.0 Å². The molecule has 1 amide bonds. The summed E-state index contributed by atoms with van der Waals surface area (Å²) in [5, 5.41) is 0. The van der Waals surface area contributed by atoms with Gasteiger partial charge in [-0.1, -0.05) is 34.1 Å². The number of benzene rings is 3. The number of amides is 1. The fourth-order valence-corrected chi connectivity index (χ4v) is 6.73. The number of halogens is 2. The van der Waals surface area contributed by atoms with Crippen molar-refractivity contribution in [3.63, 3.8) is 0 Å². The van der Waals surface area contributed by atoms with Gasteiger partial charge in [-0.25, -0.2) is 12.8 Å². The number of rotatable bonds is 8. The van der Waals surface area contributed by atoms with Crippen LogP contribution in [0.1, 0.15) is 41.9 Å². The number of piperidine rings is 1. The highest BCUT2D eigenvalue weighted by Gasteiger charge is 2.29. The monoisotopic (exact) mass is 602 g/mol. The first-order valence-corrected chi connectivity index (χ1v) is 14.8. The summed E-state index contributed by atoms with van der Waals surface area (Å²) in [5.41, 5.74) is 3.02. The fraction of sp³-hybridized carbons (Fsp3) is 0.345. The van der Waals surface area contributed by atoms with Crippen molar-refractivity contribution >= 4 is 37.5 Å². The second-order valence-electron chi connectivity index (χ2n) is 9.65. The first-order valence-electron chi connectivity index (χ1n) is 12.6. The molecule has 0 aromatic heterocycles. The van der Waals surface area contributed by atoms with Crippen molar-refractivity contribution in [1.82, 2.24) is 4.90 Å². The molecule has 6 nitrogen and oxygen atoms in total. The largest absolute Gasteiger partial charge is 0.494 e. The average molecular weight is 604 g/mol. The van der Waals surface area contributed by atoms with Gasteiger partial charge >= 0.3 is 0 Å². The van der Waals surface area contributed by atoms with Crippen LogP contribution >= 0.6 is 15.9 Å². The predicted octanol–water partition coefficient (Wildman–Crippen LogP) is 6.21. The summed E-state index contributed by atoms with van der Waals surface area (Å²) in [6, 6.07) is 17.3. The smallest absolute Gasteiger partial charge is 0.264 e. The van der Waals surface area contributed by atoms with Crippen molar-refractivity contribution in [2.75, 3.05) is 31.0 Å². The average Bonchev–Trinajstić information content (AvgIpc) is 2.88. The lowest BCUT2D eigenvalue weighted by Crippen LogP contribution is -2.40. The molecule has 0 radical (unpaired) electrons. The number of nitrogens with zero attached hydrogens (tertiary/aromatic N) is 2. The molecular weight excluding hydrogens is 571 g/mol. The Morgan fingerprint density at radius 2 is 1.68 bits per heavy atom. The Kier molecular flexibility index (Phi) is 8.78. The number of likely N-dealkylation sites (tertiary alicyclic amines) is 1. The summed E-state index contributed by atoms with van der Waals surface area (Å²) < 4.78 is 49.3. The SMILES string of the molecule is COc1cccc(C2CCN(C(=O)CCN(c3cc(C)cc(C)c3)S(=O)(=O)c3ccc(Br)cc3)CC2)c1F. The molecule has 0 atom stereocenters. The Balaban J connectivity index is 1.48. The minimum absolute atomic E-state index is 0.00120. The van der Waals surface area contributed by atoms with Crippen LogP contribution in [0, 0.1) is 19.7 Å². The summed E-state index contributed by atoms with van der Waals surface area (Å²) in [6.45, 7) is 4.83. The topological polar surface area (TPSA) is 66.9 Å². The number of ether oxygens (including phenoxy) is 1. The lowest BCUT2D eigenvalue weighted by Gasteiger charge is -2.33. The quantitative estimate of drug-likeness (QED) is 0.308. The fourth-order valence-electron chi connectivity index (χ4n) is 5.01. The predicted molar refractivity (Wildman–Crippen MR) is 151 cm³/mol. The summed E-state index contributed by atoms with van der Waals surface area (Å²) in [6.07, 6.45) is 1.31. The minimum Gasteiger partial charge on any atom is -0.494 e. The van der Waals surface area contributed by atoms with Crippen LogP contribution in [0.25, 0.3) is 0 Å². The number of aryl methyl sites for hydroxylation is 2.